The third-order valence-electron chi connectivity index (χ3n) is 5.02. The summed E-state index contributed by atoms with van der Waals surface area (Å²) in [6.45, 7) is 3.41. The van der Waals surface area contributed by atoms with Crippen LogP contribution in [0, 0.1) is 17.6 Å². The minimum absolute atomic E-state index is 0.228. The summed E-state index contributed by atoms with van der Waals surface area (Å²) in [4.78, 5) is 23.6. The Morgan fingerprint density at radius 3 is 2.82 bits per heavy atom. The van der Waals surface area contributed by atoms with E-state index in [1.165, 1.54) is 29.9 Å². The van der Waals surface area contributed by atoms with Crippen LogP contribution in [0.2, 0.25) is 0 Å². The van der Waals surface area contributed by atoms with Crippen LogP contribution in [-0.4, -0.2) is 31.9 Å². The first kappa shape index (κ1) is 18.5. The van der Waals surface area contributed by atoms with Gasteiger partial charge in [0.25, 0.3) is 5.91 Å². The van der Waals surface area contributed by atoms with Crippen molar-refractivity contribution in [1.29, 1.82) is 0 Å². The number of halogens is 2. The number of benzene rings is 1. The Labute approximate surface area is 162 Å². The number of imidazole rings is 1. The molecule has 1 fully saturated rings. The topological polar surface area (TPSA) is 51.0 Å². The Morgan fingerprint density at radius 2 is 2.07 bits per heavy atom. The van der Waals surface area contributed by atoms with Crippen molar-refractivity contribution in [3.05, 3.63) is 59.6 Å². The van der Waals surface area contributed by atoms with Gasteiger partial charge in [0.1, 0.15) is 11.3 Å². The molecule has 1 saturated carbocycles. The van der Waals surface area contributed by atoms with Crippen molar-refractivity contribution in [3.8, 4) is 0 Å². The van der Waals surface area contributed by atoms with Crippen molar-refractivity contribution >= 4 is 17.1 Å². The maximum absolute atomic E-state index is 14.2. The lowest BCUT2D eigenvalue weighted by Crippen LogP contribution is -2.33. The Kier molecular flexibility index (Phi) is 5.07. The highest BCUT2D eigenvalue weighted by Crippen LogP contribution is 2.32. The number of aromatic nitrogens is 3. The van der Waals surface area contributed by atoms with Crippen molar-refractivity contribution in [2.45, 2.75) is 39.3 Å². The summed E-state index contributed by atoms with van der Waals surface area (Å²) in [5.74, 6) is -1.33. The predicted octanol–water partition coefficient (Wildman–Crippen LogP) is 4.17. The summed E-state index contributed by atoms with van der Waals surface area (Å²) in [6, 6.07) is 7.41. The van der Waals surface area contributed by atoms with E-state index in [2.05, 4.69) is 14.5 Å². The summed E-state index contributed by atoms with van der Waals surface area (Å²) in [6.07, 6.45) is 4.79. The fraction of sp³-hybridized carbons (Fsp3) is 0.381. The average Bonchev–Trinajstić information content (AvgIpc) is 3.45. The molecule has 3 aromatic rings. The molecule has 4 rings (SSSR count). The maximum atomic E-state index is 14.2. The lowest BCUT2D eigenvalue weighted by Gasteiger charge is -2.22. The van der Waals surface area contributed by atoms with Crippen LogP contribution in [0.15, 0.2) is 36.5 Å². The van der Waals surface area contributed by atoms with Crippen molar-refractivity contribution in [3.63, 3.8) is 0 Å². The second-order valence-corrected chi connectivity index (χ2v) is 7.26. The molecule has 1 aliphatic rings. The predicted molar refractivity (Wildman–Crippen MR) is 102 cm³/mol. The van der Waals surface area contributed by atoms with Crippen molar-refractivity contribution < 1.29 is 13.6 Å². The van der Waals surface area contributed by atoms with Gasteiger partial charge < -0.3 is 9.47 Å². The van der Waals surface area contributed by atoms with Gasteiger partial charge in [-0.25, -0.2) is 18.7 Å². The summed E-state index contributed by atoms with van der Waals surface area (Å²) < 4.78 is 29.8. The van der Waals surface area contributed by atoms with E-state index in [0.717, 1.165) is 29.6 Å². The molecule has 0 N–H and O–H groups in total. The second kappa shape index (κ2) is 7.66. The molecule has 1 aromatic carbocycles. The Bertz CT molecular complexity index is 1010. The molecular weight excluding hydrogens is 362 g/mol. The molecule has 0 aliphatic heterocycles. The number of amides is 1. The van der Waals surface area contributed by atoms with Crippen molar-refractivity contribution in [2.75, 3.05) is 6.54 Å². The molecule has 5 nitrogen and oxygen atoms in total. The fourth-order valence-corrected chi connectivity index (χ4v) is 3.41. The van der Waals surface area contributed by atoms with Crippen molar-refractivity contribution in [2.24, 2.45) is 5.92 Å². The van der Waals surface area contributed by atoms with Gasteiger partial charge in [0, 0.05) is 19.3 Å². The van der Waals surface area contributed by atoms with Gasteiger partial charge in [-0.15, -0.1) is 0 Å². The Balaban J connectivity index is 1.68. The highest BCUT2D eigenvalue weighted by molar-refractivity contribution is 5.94. The molecule has 0 radical (unpaired) electrons. The Morgan fingerprint density at radius 1 is 1.25 bits per heavy atom. The smallest absolute Gasteiger partial charge is 0.257 e. The minimum atomic E-state index is -1.11. The zero-order chi connectivity index (χ0) is 19.7. The van der Waals surface area contributed by atoms with Crippen LogP contribution in [0.5, 0.6) is 0 Å². The van der Waals surface area contributed by atoms with Gasteiger partial charge in [0.2, 0.25) is 0 Å². The maximum Gasteiger partial charge on any atom is 0.257 e. The van der Waals surface area contributed by atoms with Crippen LogP contribution in [-0.2, 0) is 13.1 Å². The zero-order valence-corrected chi connectivity index (χ0v) is 15.7. The van der Waals surface area contributed by atoms with Gasteiger partial charge >= 0.3 is 0 Å². The number of rotatable bonds is 7. The number of pyridine rings is 1. The minimum Gasteiger partial charge on any atom is -0.331 e. The monoisotopic (exact) mass is 384 g/mol. The van der Waals surface area contributed by atoms with E-state index in [0.29, 0.717) is 18.9 Å². The SMILES string of the molecule is CCCN(Cc1nc2cccnc2n1CC1CC1)C(=O)c1cccc(F)c1F. The van der Waals surface area contributed by atoms with Gasteiger partial charge in [0.15, 0.2) is 17.3 Å². The largest absolute Gasteiger partial charge is 0.331 e. The van der Waals surface area contributed by atoms with Gasteiger partial charge in [-0.3, -0.25) is 4.79 Å². The highest BCUT2D eigenvalue weighted by atomic mass is 19.2. The molecule has 1 amide bonds. The molecule has 1 aliphatic carbocycles. The first-order valence-corrected chi connectivity index (χ1v) is 9.62. The van der Waals surface area contributed by atoms with E-state index in [1.54, 1.807) is 6.20 Å². The van der Waals surface area contributed by atoms with Crippen LogP contribution in [0.4, 0.5) is 8.78 Å². The standard InChI is InChI=1S/C21H22F2N4O/c1-2-11-26(21(28)15-5-3-6-16(22)19(15)23)13-18-25-17-7-4-10-24-20(17)27(18)12-14-8-9-14/h3-7,10,14H,2,8-9,11-13H2,1H3. The first-order chi connectivity index (χ1) is 13.6. The van der Waals surface area contributed by atoms with Gasteiger partial charge in [-0.05, 0) is 49.4 Å². The fourth-order valence-electron chi connectivity index (χ4n) is 3.41. The zero-order valence-electron chi connectivity index (χ0n) is 15.7. The summed E-state index contributed by atoms with van der Waals surface area (Å²) in [7, 11) is 0. The molecule has 7 heteroatoms. The second-order valence-electron chi connectivity index (χ2n) is 7.26. The molecule has 0 bridgehead atoms. The first-order valence-electron chi connectivity index (χ1n) is 9.62. The van der Waals surface area contributed by atoms with Crippen molar-refractivity contribution in [1.82, 2.24) is 19.4 Å². The summed E-state index contributed by atoms with van der Waals surface area (Å²) in [5.41, 5.74) is 1.32. The van der Waals surface area contributed by atoms with E-state index in [9.17, 15) is 13.6 Å². The molecule has 0 saturated heterocycles. The molecule has 2 aromatic heterocycles. The molecule has 28 heavy (non-hydrogen) atoms. The third-order valence-corrected chi connectivity index (χ3v) is 5.02. The molecular formula is C21H22F2N4O. The van der Waals surface area contributed by atoms with Crippen LogP contribution < -0.4 is 0 Å². The van der Waals surface area contributed by atoms with Crippen LogP contribution in [0.3, 0.4) is 0 Å². The van der Waals surface area contributed by atoms with E-state index >= 15 is 0 Å². The number of fused-ring (bicyclic) bond motifs is 1. The summed E-state index contributed by atoms with van der Waals surface area (Å²) >= 11 is 0. The van der Waals surface area contributed by atoms with Crippen LogP contribution in [0.1, 0.15) is 42.4 Å². The number of carbonyl (C=O) groups is 1. The van der Waals surface area contributed by atoms with E-state index in [1.807, 2.05) is 19.1 Å². The van der Waals surface area contributed by atoms with Gasteiger partial charge in [-0.2, -0.15) is 0 Å². The van der Waals surface area contributed by atoms with E-state index in [-0.39, 0.29) is 12.1 Å². The molecule has 146 valence electrons. The number of nitrogens with zero attached hydrogens (tertiary/aromatic N) is 4. The third kappa shape index (κ3) is 3.61. The molecule has 2 heterocycles. The average molecular weight is 384 g/mol. The number of hydrogen-bond donors (Lipinski definition) is 0. The molecule has 0 atom stereocenters. The van der Waals surface area contributed by atoms with Crippen LogP contribution >= 0.6 is 0 Å². The molecule has 0 spiro atoms. The lowest BCUT2D eigenvalue weighted by atomic mass is 10.1. The summed E-state index contributed by atoms with van der Waals surface area (Å²) in [5, 5.41) is 0. The van der Waals surface area contributed by atoms with E-state index < -0.39 is 17.5 Å². The normalized spacial score (nSPS) is 13.8. The van der Waals surface area contributed by atoms with Gasteiger partial charge in [-0.1, -0.05) is 13.0 Å². The highest BCUT2D eigenvalue weighted by Gasteiger charge is 2.27. The van der Waals surface area contributed by atoms with Crippen LogP contribution in [0.25, 0.3) is 11.2 Å². The van der Waals surface area contributed by atoms with Gasteiger partial charge in [0.05, 0.1) is 12.1 Å². The molecule has 0 unspecified atom stereocenters. The number of carbonyl (C=O) groups excluding carboxylic acids is 1. The lowest BCUT2D eigenvalue weighted by molar-refractivity contribution is 0.0731. The number of hydrogen-bond acceptors (Lipinski definition) is 3. The quantitative estimate of drug-likeness (QED) is 0.614. The Hall–Kier alpha value is -2.83. The van der Waals surface area contributed by atoms with E-state index in [4.69, 9.17) is 0 Å².